The van der Waals surface area contributed by atoms with E-state index in [1.165, 1.54) is 40.7 Å². The fourth-order valence-electron chi connectivity index (χ4n) is 4.46. The van der Waals surface area contributed by atoms with E-state index in [1.807, 2.05) is 7.05 Å². The van der Waals surface area contributed by atoms with Gasteiger partial charge in [0.1, 0.15) is 5.75 Å². The van der Waals surface area contributed by atoms with Gasteiger partial charge in [0.05, 0.1) is 9.79 Å². The van der Waals surface area contributed by atoms with Crippen molar-refractivity contribution in [2.75, 3.05) is 45.2 Å². The lowest BCUT2D eigenvalue weighted by Crippen LogP contribution is -2.46. The smallest absolute Gasteiger partial charge is 0.262 e. The molecule has 2 aliphatic rings. The van der Waals surface area contributed by atoms with Crippen LogP contribution in [0, 0.1) is 0 Å². The lowest BCUT2D eigenvalue weighted by molar-refractivity contribution is -0.118. The van der Waals surface area contributed by atoms with E-state index in [0.29, 0.717) is 37.6 Å². The van der Waals surface area contributed by atoms with E-state index in [9.17, 15) is 21.6 Å². The first-order valence-corrected chi connectivity index (χ1v) is 15.4. The van der Waals surface area contributed by atoms with Gasteiger partial charge in [-0.15, -0.1) is 0 Å². The van der Waals surface area contributed by atoms with Crippen LogP contribution in [0.5, 0.6) is 5.75 Å². The maximum atomic E-state index is 12.8. The average molecular weight is 551 g/mol. The summed E-state index contributed by atoms with van der Waals surface area (Å²) in [5, 5.41) is 2.67. The van der Waals surface area contributed by atoms with Crippen molar-refractivity contribution < 1.29 is 26.4 Å². The highest BCUT2D eigenvalue weighted by Gasteiger charge is 2.27. The third-order valence-corrected chi connectivity index (χ3v) is 10.1. The van der Waals surface area contributed by atoms with Gasteiger partial charge in [-0.3, -0.25) is 4.79 Å². The summed E-state index contributed by atoms with van der Waals surface area (Å²) in [6.07, 6.45) is 4.90. The topological polar surface area (TPSA) is 125 Å². The van der Waals surface area contributed by atoms with E-state index in [0.717, 1.165) is 32.1 Å². The van der Waals surface area contributed by atoms with Gasteiger partial charge in [-0.05, 0) is 68.4 Å². The van der Waals surface area contributed by atoms with Crippen molar-refractivity contribution in [3.05, 3.63) is 48.5 Å². The van der Waals surface area contributed by atoms with Crippen molar-refractivity contribution in [1.82, 2.24) is 13.9 Å². The number of rotatable bonds is 9. The molecule has 12 heteroatoms. The molecular weight excluding hydrogens is 516 g/mol. The van der Waals surface area contributed by atoms with Crippen molar-refractivity contribution in [1.29, 1.82) is 0 Å². The Balaban J connectivity index is 1.27. The molecule has 1 amide bonds. The number of sulfonamides is 2. The predicted octanol–water partition coefficient (Wildman–Crippen LogP) is 2.25. The zero-order valence-electron chi connectivity index (χ0n) is 20.9. The van der Waals surface area contributed by atoms with Crippen LogP contribution < -0.4 is 14.8 Å². The molecule has 1 saturated heterocycles. The first-order valence-electron chi connectivity index (χ1n) is 12.5. The molecule has 37 heavy (non-hydrogen) atoms. The van der Waals surface area contributed by atoms with E-state index in [-0.39, 0.29) is 22.4 Å². The Bertz CT molecular complexity index is 1270. The van der Waals surface area contributed by atoms with Crippen molar-refractivity contribution in [3.63, 3.8) is 0 Å². The Morgan fingerprint density at radius 1 is 0.865 bits per heavy atom. The van der Waals surface area contributed by atoms with Crippen molar-refractivity contribution in [3.8, 4) is 5.75 Å². The van der Waals surface area contributed by atoms with Gasteiger partial charge in [0.2, 0.25) is 20.0 Å². The molecule has 2 aromatic rings. The lowest BCUT2D eigenvalue weighted by atomic mass is 9.96. The zero-order chi connectivity index (χ0) is 26.5. The predicted molar refractivity (Wildman–Crippen MR) is 140 cm³/mol. The Labute approximate surface area is 219 Å². The van der Waals surface area contributed by atoms with Crippen LogP contribution in [-0.2, 0) is 24.8 Å². The molecule has 0 atom stereocenters. The number of hydrogen-bond acceptors (Lipinski definition) is 7. The molecule has 4 rings (SSSR count). The minimum absolute atomic E-state index is 0.0284. The average Bonchev–Trinajstić information content (AvgIpc) is 2.89. The van der Waals surface area contributed by atoms with Crippen LogP contribution in [0.2, 0.25) is 0 Å². The Kier molecular flexibility index (Phi) is 8.86. The fourth-order valence-corrected chi connectivity index (χ4v) is 7.18. The number of hydrogen-bond donors (Lipinski definition) is 2. The number of benzene rings is 2. The second-order valence-corrected chi connectivity index (χ2v) is 13.1. The molecule has 2 aromatic carbocycles. The van der Waals surface area contributed by atoms with Gasteiger partial charge in [0, 0.05) is 37.9 Å². The largest absolute Gasteiger partial charge is 0.484 e. The maximum absolute atomic E-state index is 12.8. The van der Waals surface area contributed by atoms with Gasteiger partial charge in [0.15, 0.2) is 6.61 Å². The maximum Gasteiger partial charge on any atom is 0.262 e. The van der Waals surface area contributed by atoms with E-state index in [2.05, 4.69) is 14.9 Å². The standard InChI is InChI=1S/C25H34N4O6S2/c1-28-15-17-29(18-16-28)37(33,34)24-11-7-20(8-12-24)26-25(30)19-35-22-9-13-23(14-10-22)36(31,32)27-21-5-3-2-4-6-21/h7-14,21,27H,2-6,15-19H2,1H3,(H,26,30). The molecule has 0 aromatic heterocycles. The third kappa shape index (κ3) is 7.29. The number of carbonyl (C=O) groups is 1. The fraction of sp³-hybridized carbons (Fsp3) is 0.480. The summed E-state index contributed by atoms with van der Waals surface area (Å²) in [5.41, 5.74) is 0.446. The molecule has 0 bridgehead atoms. The summed E-state index contributed by atoms with van der Waals surface area (Å²) in [5.74, 6) is -0.0641. The second-order valence-electron chi connectivity index (χ2n) is 9.50. The van der Waals surface area contributed by atoms with Crippen LogP contribution in [0.4, 0.5) is 5.69 Å². The van der Waals surface area contributed by atoms with Gasteiger partial charge >= 0.3 is 0 Å². The first kappa shape index (κ1) is 27.5. The zero-order valence-corrected chi connectivity index (χ0v) is 22.6. The Morgan fingerprint density at radius 3 is 2.08 bits per heavy atom. The first-order chi connectivity index (χ1) is 17.6. The van der Waals surface area contributed by atoms with Crippen molar-refractivity contribution >= 4 is 31.6 Å². The normalized spacial score (nSPS) is 18.4. The van der Waals surface area contributed by atoms with Crippen LogP contribution in [-0.4, -0.2) is 77.8 Å². The molecule has 202 valence electrons. The number of piperazine rings is 1. The number of amides is 1. The molecule has 1 aliphatic carbocycles. The Hall–Kier alpha value is -2.51. The lowest BCUT2D eigenvalue weighted by Gasteiger charge is -2.31. The summed E-state index contributed by atoms with van der Waals surface area (Å²) in [4.78, 5) is 14.7. The quantitative estimate of drug-likeness (QED) is 0.491. The molecule has 0 radical (unpaired) electrons. The summed E-state index contributed by atoms with van der Waals surface area (Å²) < 4.78 is 60.6. The van der Waals surface area contributed by atoms with Crippen molar-refractivity contribution in [2.24, 2.45) is 0 Å². The highest BCUT2D eigenvalue weighted by atomic mass is 32.2. The van der Waals surface area contributed by atoms with Crippen LogP contribution in [0.25, 0.3) is 0 Å². The summed E-state index contributed by atoms with van der Waals surface area (Å²) in [6, 6.07) is 12.0. The Morgan fingerprint density at radius 2 is 1.46 bits per heavy atom. The molecule has 10 nitrogen and oxygen atoms in total. The number of likely N-dealkylation sites (N-methyl/N-ethyl adjacent to an activating group) is 1. The van der Waals surface area contributed by atoms with Crippen LogP contribution in [0.3, 0.4) is 0 Å². The summed E-state index contributed by atoms with van der Waals surface area (Å²) in [7, 11) is -5.22. The molecule has 2 N–H and O–H groups in total. The third-order valence-electron chi connectivity index (χ3n) is 6.67. The molecule has 1 saturated carbocycles. The molecular formula is C25H34N4O6S2. The highest BCUT2D eigenvalue weighted by molar-refractivity contribution is 7.89. The second kappa shape index (κ2) is 11.9. The molecule has 0 spiro atoms. The van der Waals surface area contributed by atoms with E-state index >= 15 is 0 Å². The summed E-state index contributed by atoms with van der Waals surface area (Å²) >= 11 is 0. The SMILES string of the molecule is CN1CCN(S(=O)(=O)c2ccc(NC(=O)COc3ccc(S(=O)(=O)NC4CCCCC4)cc3)cc2)CC1. The van der Waals surface area contributed by atoms with E-state index < -0.39 is 26.0 Å². The van der Waals surface area contributed by atoms with Crippen LogP contribution in [0.15, 0.2) is 58.3 Å². The van der Waals surface area contributed by atoms with Gasteiger partial charge in [-0.2, -0.15) is 4.31 Å². The molecule has 1 aliphatic heterocycles. The van der Waals surface area contributed by atoms with Crippen LogP contribution in [0.1, 0.15) is 32.1 Å². The molecule has 2 fully saturated rings. The molecule has 0 unspecified atom stereocenters. The van der Waals surface area contributed by atoms with Gasteiger partial charge in [-0.1, -0.05) is 19.3 Å². The highest BCUT2D eigenvalue weighted by Crippen LogP contribution is 2.22. The molecule has 1 heterocycles. The number of anilines is 1. The van der Waals surface area contributed by atoms with Crippen molar-refractivity contribution in [2.45, 2.75) is 47.9 Å². The minimum atomic E-state index is -3.61. The minimum Gasteiger partial charge on any atom is -0.484 e. The van der Waals surface area contributed by atoms with E-state index in [1.54, 1.807) is 12.1 Å². The monoisotopic (exact) mass is 550 g/mol. The van der Waals surface area contributed by atoms with E-state index in [4.69, 9.17) is 4.74 Å². The van der Waals surface area contributed by atoms with Crippen LogP contribution >= 0.6 is 0 Å². The number of nitrogens with zero attached hydrogens (tertiary/aromatic N) is 2. The number of nitrogens with one attached hydrogen (secondary N) is 2. The summed E-state index contributed by atoms with van der Waals surface area (Å²) in [6.45, 7) is 1.97. The van der Waals surface area contributed by atoms with Gasteiger partial charge < -0.3 is 15.0 Å². The number of ether oxygens (including phenoxy) is 1. The number of carbonyl (C=O) groups excluding carboxylic acids is 1. The van der Waals surface area contributed by atoms with Gasteiger partial charge in [-0.25, -0.2) is 21.6 Å². The van der Waals surface area contributed by atoms with Gasteiger partial charge in [0.25, 0.3) is 5.91 Å².